The van der Waals surface area contributed by atoms with Gasteiger partial charge in [-0.15, -0.1) is 10.2 Å². The Bertz CT molecular complexity index is 465. The van der Waals surface area contributed by atoms with E-state index in [-0.39, 0.29) is 12.0 Å². The predicted molar refractivity (Wildman–Crippen MR) is 80.0 cm³/mol. The lowest BCUT2D eigenvalue weighted by molar-refractivity contribution is -0.123. The summed E-state index contributed by atoms with van der Waals surface area (Å²) in [4.78, 5) is 14.0. The molecular formula is C14H25N5O3. The first-order chi connectivity index (χ1) is 10.7. The molecule has 2 rings (SSSR count). The summed E-state index contributed by atoms with van der Waals surface area (Å²) in [6, 6.07) is 0. The highest BCUT2D eigenvalue weighted by Gasteiger charge is 2.19. The number of likely N-dealkylation sites (tertiary alicyclic amines) is 1. The van der Waals surface area contributed by atoms with Crippen LogP contribution in [0.2, 0.25) is 0 Å². The topological polar surface area (TPSA) is 92.5 Å². The molecule has 0 aliphatic carbocycles. The van der Waals surface area contributed by atoms with Gasteiger partial charge in [-0.05, 0) is 25.8 Å². The Morgan fingerprint density at radius 1 is 1.59 bits per heavy atom. The smallest absolute Gasteiger partial charge is 0.234 e. The summed E-state index contributed by atoms with van der Waals surface area (Å²) in [5.74, 6) is 0.684. The minimum Gasteiger partial charge on any atom is -0.392 e. The third kappa shape index (κ3) is 5.36. The van der Waals surface area contributed by atoms with Gasteiger partial charge in [0.1, 0.15) is 6.33 Å². The van der Waals surface area contributed by atoms with E-state index in [0.717, 1.165) is 38.2 Å². The summed E-state index contributed by atoms with van der Waals surface area (Å²) >= 11 is 0. The minimum absolute atomic E-state index is 0.0551. The molecule has 8 heteroatoms. The quantitative estimate of drug-likeness (QED) is 0.622. The van der Waals surface area contributed by atoms with E-state index in [2.05, 4.69) is 15.5 Å². The van der Waals surface area contributed by atoms with E-state index in [1.807, 2.05) is 9.47 Å². The van der Waals surface area contributed by atoms with Crippen molar-refractivity contribution in [1.82, 2.24) is 25.0 Å². The van der Waals surface area contributed by atoms with Crippen LogP contribution in [0.5, 0.6) is 0 Å². The molecule has 2 heterocycles. The SMILES string of the molecule is COCCCn1cnnc1CNC(=O)CN1CCC[C@H](O)C1. The molecule has 0 spiro atoms. The highest BCUT2D eigenvalue weighted by molar-refractivity contribution is 5.77. The molecule has 1 fully saturated rings. The van der Waals surface area contributed by atoms with Gasteiger partial charge in [-0.25, -0.2) is 0 Å². The summed E-state index contributed by atoms with van der Waals surface area (Å²) in [5, 5.41) is 20.4. The number of nitrogens with zero attached hydrogens (tertiary/aromatic N) is 4. The second-order valence-electron chi connectivity index (χ2n) is 5.59. The van der Waals surface area contributed by atoms with Crippen LogP contribution in [0, 0.1) is 0 Å². The number of hydrogen-bond donors (Lipinski definition) is 2. The normalized spacial score (nSPS) is 19.3. The number of ether oxygens (including phenoxy) is 1. The van der Waals surface area contributed by atoms with Crippen molar-refractivity contribution in [3.8, 4) is 0 Å². The maximum Gasteiger partial charge on any atom is 0.234 e. The van der Waals surface area contributed by atoms with Crippen molar-refractivity contribution in [2.24, 2.45) is 0 Å². The van der Waals surface area contributed by atoms with Crippen LogP contribution in [-0.2, 0) is 22.6 Å². The monoisotopic (exact) mass is 311 g/mol. The number of amides is 1. The molecule has 124 valence electrons. The van der Waals surface area contributed by atoms with Gasteiger partial charge in [0.25, 0.3) is 0 Å². The molecule has 0 saturated carbocycles. The van der Waals surface area contributed by atoms with Crippen molar-refractivity contribution in [3.05, 3.63) is 12.2 Å². The summed E-state index contributed by atoms with van der Waals surface area (Å²) in [5.41, 5.74) is 0. The fourth-order valence-corrected chi connectivity index (χ4v) is 2.59. The molecule has 1 saturated heterocycles. The van der Waals surface area contributed by atoms with Gasteiger partial charge in [-0.1, -0.05) is 0 Å². The van der Waals surface area contributed by atoms with Crippen molar-refractivity contribution in [3.63, 3.8) is 0 Å². The maximum absolute atomic E-state index is 12.0. The number of aliphatic hydroxyl groups excluding tert-OH is 1. The summed E-state index contributed by atoms with van der Waals surface area (Å²) in [6.45, 7) is 3.56. The van der Waals surface area contributed by atoms with E-state index in [9.17, 15) is 9.90 Å². The maximum atomic E-state index is 12.0. The molecule has 1 aliphatic heterocycles. The van der Waals surface area contributed by atoms with Gasteiger partial charge in [-0.2, -0.15) is 0 Å². The molecule has 1 amide bonds. The number of aryl methyl sites for hydroxylation is 1. The second-order valence-corrected chi connectivity index (χ2v) is 5.59. The third-order valence-corrected chi connectivity index (χ3v) is 3.73. The van der Waals surface area contributed by atoms with Gasteiger partial charge < -0.3 is 19.7 Å². The summed E-state index contributed by atoms with van der Waals surface area (Å²) < 4.78 is 6.94. The average Bonchev–Trinajstić information content (AvgIpc) is 2.93. The molecule has 0 radical (unpaired) electrons. The van der Waals surface area contributed by atoms with Crippen molar-refractivity contribution in [2.75, 3.05) is 33.4 Å². The number of rotatable bonds is 8. The number of methoxy groups -OCH3 is 1. The number of piperidine rings is 1. The van der Waals surface area contributed by atoms with Crippen molar-refractivity contribution >= 4 is 5.91 Å². The van der Waals surface area contributed by atoms with Crippen LogP contribution in [0.4, 0.5) is 0 Å². The highest BCUT2D eigenvalue weighted by atomic mass is 16.5. The Morgan fingerprint density at radius 2 is 2.45 bits per heavy atom. The molecule has 2 N–H and O–H groups in total. The molecule has 0 aromatic carbocycles. The lowest BCUT2D eigenvalue weighted by Crippen LogP contribution is -2.44. The zero-order valence-electron chi connectivity index (χ0n) is 13.1. The fourth-order valence-electron chi connectivity index (χ4n) is 2.59. The van der Waals surface area contributed by atoms with Crippen LogP contribution >= 0.6 is 0 Å². The minimum atomic E-state index is -0.314. The van der Waals surface area contributed by atoms with E-state index in [1.54, 1.807) is 13.4 Å². The zero-order valence-corrected chi connectivity index (χ0v) is 13.1. The van der Waals surface area contributed by atoms with Gasteiger partial charge in [-0.3, -0.25) is 9.69 Å². The van der Waals surface area contributed by atoms with Crippen molar-refractivity contribution in [1.29, 1.82) is 0 Å². The lowest BCUT2D eigenvalue weighted by atomic mass is 10.1. The van der Waals surface area contributed by atoms with Gasteiger partial charge in [0.05, 0.1) is 19.2 Å². The Hall–Kier alpha value is -1.51. The first-order valence-electron chi connectivity index (χ1n) is 7.71. The first-order valence-corrected chi connectivity index (χ1v) is 7.71. The van der Waals surface area contributed by atoms with Gasteiger partial charge >= 0.3 is 0 Å². The van der Waals surface area contributed by atoms with Crippen molar-refractivity contribution < 1.29 is 14.6 Å². The summed E-state index contributed by atoms with van der Waals surface area (Å²) in [7, 11) is 1.67. The molecule has 0 bridgehead atoms. The first kappa shape index (κ1) is 16.9. The second kappa shape index (κ2) is 8.82. The molecule has 1 aromatic heterocycles. The standard InChI is InChI=1S/C14H25N5O3/c1-22-7-3-6-19-11-16-17-13(19)8-15-14(21)10-18-5-2-4-12(20)9-18/h11-12,20H,2-10H2,1H3,(H,15,21)/t12-/m0/s1. The van der Waals surface area contributed by atoms with Crippen LogP contribution in [0.25, 0.3) is 0 Å². The van der Waals surface area contributed by atoms with Crippen LogP contribution in [-0.4, -0.2) is 70.1 Å². The number of hydrogen-bond acceptors (Lipinski definition) is 6. The Labute approximate surface area is 130 Å². The number of aromatic nitrogens is 3. The molecule has 8 nitrogen and oxygen atoms in total. The molecule has 1 atom stereocenters. The van der Waals surface area contributed by atoms with E-state index in [0.29, 0.717) is 26.2 Å². The number of aliphatic hydroxyl groups is 1. The molecular weight excluding hydrogens is 286 g/mol. The number of carbonyl (C=O) groups excluding carboxylic acids is 1. The molecule has 22 heavy (non-hydrogen) atoms. The average molecular weight is 311 g/mol. The number of carbonyl (C=O) groups is 1. The van der Waals surface area contributed by atoms with Crippen LogP contribution in [0.15, 0.2) is 6.33 Å². The van der Waals surface area contributed by atoms with E-state index in [1.165, 1.54) is 0 Å². The van der Waals surface area contributed by atoms with Gasteiger partial charge in [0.15, 0.2) is 5.82 Å². The Balaban J connectivity index is 1.73. The Morgan fingerprint density at radius 3 is 3.23 bits per heavy atom. The fraction of sp³-hybridized carbons (Fsp3) is 0.786. The van der Waals surface area contributed by atoms with Crippen LogP contribution in [0.3, 0.4) is 0 Å². The lowest BCUT2D eigenvalue weighted by Gasteiger charge is -2.29. The largest absolute Gasteiger partial charge is 0.392 e. The number of β-amino-alcohol motifs (C(OH)–C–C–N with tert-alkyl or cyclic N) is 1. The Kier molecular flexibility index (Phi) is 6.75. The van der Waals surface area contributed by atoms with Crippen LogP contribution < -0.4 is 5.32 Å². The van der Waals surface area contributed by atoms with E-state index in [4.69, 9.17) is 4.74 Å². The molecule has 1 aromatic rings. The van der Waals surface area contributed by atoms with E-state index >= 15 is 0 Å². The van der Waals surface area contributed by atoms with Gasteiger partial charge in [0, 0.05) is 26.8 Å². The van der Waals surface area contributed by atoms with E-state index < -0.39 is 0 Å². The van der Waals surface area contributed by atoms with Gasteiger partial charge in [0.2, 0.25) is 5.91 Å². The van der Waals surface area contributed by atoms with Crippen molar-refractivity contribution in [2.45, 2.75) is 38.5 Å². The number of nitrogens with one attached hydrogen (secondary N) is 1. The molecule has 1 aliphatic rings. The third-order valence-electron chi connectivity index (χ3n) is 3.73. The van der Waals surface area contributed by atoms with Crippen LogP contribution in [0.1, 0.15) is 25.1 Å². The summed E-state index contributed by atoms with van der Waals surface area (Å²) in [6.07, 6.45) is 3.98. The molecule has 0 unspecified atom stereocenters. The highest BCUT2D eigenvalue weighted by Crippen LogP contribution is 2.08. The predicted octanol–water partition coefficient (Wildman–Crippen LogP) is -0.612. The zero-order chi connectivity index (χ0) is 15.8.